The molecule has 13 heavy (non-hydrogen) atoms. The van der Waals surface area contributed by atoms with Crippen molar-refractivity contribution in [2.75, 3.05) is 6.54 Å². The first-order valence-corrected chi connectivity index (χ1v) is 5.07. The van der Waals surface area contributed by atoms with Gasteiger partial charge in [0, 0.05) is 17.5 Å². The second-order valence-electron chi connectivity index (χ2n) is 5.62. The van der Waals surface area contributed by atoms with Gasteiger partial charge in [0.1, 0.15) is 0 Å². The van der Waals surface area contributed by atoms with E-state index in [-0.39, 0.29) is 11.0 Å². The summed E-state index contributed by atoms with van der Waals surface area (Å²) in [6.07, 6.45) is 2.16. The van der Waals surface area contributed by atoms with E-state index in [4.69, 9.17) is 0 Å². The average Bonchev–Trinajstić information content (AvgIpc) is 1.92. The normalized spacial score (nSPS) is 23.5. The summed E-state index contributed by atoms with van der Waals surface area (Å²) in [5, 5.41) is 0. The van der Waals surface area contributed by atoms with Crippen LogP contribution in [-0.4, -0.2) is 22.9 Å². The van der Waals surface area contributed by atoms with Crippen LogP contribution in [0.1, 0.15) is 47.5 Å². The summed E-state index contributed by atoms with van der Waals surface area (Å²) in [6.45, 7) is 11.3. The molecule has 0 bridgehead atoms. The molecule has 1 rings (SSSR count). The molecule has 0 spiro atoms. The van der Waals surface area contributed by atoms with Gasteiger partial charge in [-0.2, -0.15) is 0 Å². The average molecular weight is 183 g/mol. The van der Waals surface area contributed by atoms with Gasteiger partial charge in [0.2, 0.25) is 5.91 Å². The van der Waals surface area contributed by atoms with Crippen LogP contribution in [0.2, 0.25) is 0 Å². The number of rotatable bonds is 0. The SMILES string of the molecule is CC1(C)CCCN(C(C)(C)C)C1=O. The van der Waals surface area contributed by atoms with Crippen molar-refractivity contribution in [1.29, 1.82) is 0 Å². The Morgan fingerprint density at radius 1 is 1.31 bits per heavy atom. The van der Waals surface area contributed by atoms with Gasteiger partial charge in [0.05, 0.1) is 0 Å². The Labute approximate surface area is 81.3 Å². The Balaban J connectivity index is 2.84. The molecule has 1 saturated heterocycles. The fourth-order valence-corrected chi connectivity index (χ4v) is 1.89. The summed E-state index contributed by atoms with van der Waals surface area (Å²) in [6, 6.07) is 0. The van der Waals surface area contributed by atoms with Crippen LogP contribution in [0.4, 0.5) is 0 Å². The molecule has 1 fully saturated rings. The molecule has 0 unspecified atom stereocenters. The summed E-state index contributed by atoms with van der Waals surface area (Å²) in [4.78, 5) is 14.0. The zero-order valence-corrected chi connectivity index (χ0v) is 9.48. The van der Waals surface area contributed by atoms with E-state index in [1.54, 1.807) is 0 Å². The first-order valence-electron chi connectivity index (χ1n) is 5.07. The van der Waals surface area contributed by atoms with Crippen molar-refractivity contribution in [2.24, 2.45) is 5.41 Å². The predicted molar refractivity (Wildman–Crippen MR) is 54.5 cm³/mol. The van der Waals surface area contributed by atoms with Crippen molar-refractivity contribution in [2.45, 2.75) is 53.0 Å². The lowest BCUT2D eigenvalue weighted by atomic mass is 9.81. The molecule has 0 saturated carbocycles. The molecule has 0 radical (unpaired) electrons. The van der Waals surface area contributed by atoms with Crippen LogP contribution in [0.25, 0.3) is 0 Å². The minimum Gasteiger partial charge on any atom is -0.337 e. The van der Waals surface area contributed by atoms with Gasteiger partial charge in [-0.1, -0.05) is 13.8 Å². The molecule has 0 aromatic rings. The van der Waals surface area contributed by atoms with Crippen LogP contribution in [0.5, 0.6) is 0 Å². The highest BCUT2D eigenvalue weighted by atomic mass is 16.2. The van der Waals surface area contributed by atoms with E-state index in [9.17, 15) is 4.79 Å². The van der Waals surface area contributed by atoms with Gasteiger partial charge in [0.25, 0.3) is 0 Å². The van der Waals surface area contributed by atoms with Crippen molar-refractivity contribution in [3.05, 3.63) is 0 Å². The Hall–Kier alpha value is -0.530. The number of hydrogen-bond acceptors (Lipinski definition) is 1. The van der Waals surface area contributed by atoms with Crippen molar-refractivity contribution in [3.8, 4) is 0 Å². The van der Waals surface area contributed by atoms with Crippen molar-refractivity contribution < 1.29 is 4.79 Å². The van der Waals surface area contributed by atoms with Crippen LogP contribution in [-0.2, 0) is 4.79 Å². The highest BCUT2D eigenvalue weighted by molar-refractivity contribution is 5.83. The number of nitrogens with zero attached hydrogens (tertiary/aromatic N) is 1. The van der Waals surface area contributed by atoms with Gasteiger partial charge in [-0.05, 0) is 33.6 Å². The molecule has 0 atom stereocenters. The smallest absolute Gasteiger partial charge is 0.228 e. The third-order valence-corrected chi connectivity index (χ3v) is 2.82. The maximum absolute atomic E-state index is 12.0. The lowest BCUT2D eigenvalue weighted by Crippen LogP contribution is -2.54. The quantitative estimate of drug-likeness (QED) is 0.565. The molecule has 0 aromatic heterocycles. The largest absolute Gasteiger partial charge is 0.337 e. The van der Waals surface area contributed by atoms with Crippen LogP contribution in [0.3, 0.4) is 0 Å². The Bertz CT molecular complexity index is 213. The van der Waals surface area contributed by atoms with Crippen LogP contribution >= 0.6 is 0 Å². The molecule has 0 aromatic carbocycles. The maximum Gasteiger partial charge on any atom is 0.228 e. The van der Waals surface area contributed by atoms with E-state index in [1.165, 1.54) is 0 Å². The molecule has 1 amide bonds. The summed E-state index contributed by atoms with van der Waals surface area (Å²) >= 11 is 0. The van der Waals surface area contributed by atoms with Crippen molar-refractivity contribution in [1.82, 2.24) is 4.90 Å². The Kier molecular flexibility index (Phi) is 2.44. The molecule has 0 N–H and O–H groups in total. The van der Waals surface area contributed by atoms with Gasteiger partial charge in [0.15, 0.2) is 0 Å². The minimum absolute atomic E-state index is 0.0191. The van der Waals surface area contributed by atoms with Crippen LogP contribution < -0.4 is 0 Å². The van der Waals surface area contributed by atoms with E-state index in [0.29, 0.717) is 5.91 Å². The number of likely N-dealkylation sites (tertiary alicyclic amines) is 1. The number of piperidine rings is 1. The van der Waals surface area contributed by atoms with E-state index < -0.39 is 0 Å². The fourth-order valence-electron chi connectivity index (χ4n) is 1.89. The highest BCUT2D eigenvalue weighted by Gasteiger charge is 2.39. The summed E-state index contributed by atoms with van der Waals surface area (Å²) < 4.78 is 0. The second kappa shape index (κ2) is 3.00. The number of carbonyl (C=O) groups excluding carboxylic acids is 1. The zero-order chi connectivity index (χ0) is 10.3. The fraction of sp³-hybridized carbons (Fsp3) is 0.909. The minimum atomic E-state index is -0.147. The Morgan fingerprint density at radius 2 is 1.85 bits per heavy atom. The Morgan fingerprint density at radius 3 is 2.23 bits per heavy atom. The third-order valence-electron chi connectivity index (χ3n) is 2.82. The molecule has 0 aliphatic carbocycles. The number of hydrogen-bond donors (Lipinski definition) is 0. The highest BCUT2D eigenvalue weighted by Crippen LogP contribution is 2.33. The van der Waals surface area contributed by atoms with E-state index in [0.717, 1.165) is 19.4 Å². The van der Waals surface area contributed by atoms with Gasteiger partial charge >= 0.3 is 0 Å². The summed E-state index contributed by atoms with van der Waals surface area (Å²) in [5.41, 5.74) is -0.166. The van der Waals surface area contributed by atoms with E-state index in [2.05, 4.69) is 20.8 Å². The lowest BCUT2D eigenvalue weighted by Gasteiger charge is -2.44. The second-order valence-corrected chi connectivity index (χ2v) is 5.62. The lowest BCUT2D eigenvalue weighted by molar-refractivity contribution is -0.149. The standard InChI is InChI=1S/C11H21NO/c1-10(2,3)12-8-6-7-11(4,5)9(12)13/h6-8H2,1-5H3. The predicted octanol–water partition coefficient (Wildman–Crippen LogP) is 2.43. The molecule has 1 aliphatic rings. The summed E-state index contributed by atoms with van der Waals surface area (Å²) in [5.74, 6) is 0.311. The molecule has 1 aliphatic heterocycles. The van der Waals surface area contributed by atoms with Crippen molar-refractivity contribution >= 4 is 5.91 Å². The maximum atomic E-state index is 12.0. The van der Waals surface area contributed by atoms with Gasteiger partial charge in [-0.25, -0.2) is 0 Å². The number of amides is 1. The zero-order valence-electron chi connectivity index (χ0n) is 9.48. The molecule has 2 nitrogen and oxygen atoms in total. The summed E-state index contributed by atoms with van der Waals surface area (Å²) in [7, 11) is 0. The third kappa shape index (κ3) is 2.04. The first-order chi connectivity index (χ1) is 5.75. The van der Waals surface area contributed by atoms with Crippen LogP contribution in [0.15, 0.2) is 0 Å². The van der Waals surface area contributed by atoms with Gasteiger partial charge < -0.3 is 4.90 Å². The van der Waals surface area contributed by atoms with Crippen molar-refractivity contribution in [3.63, 3.8) is 0 Å². The van der Waals surface area contributed by atoms with Gasteiger partial charge in [-0.15, -0.1) is 0 Å². The molecule has 2 heteroatoms. The topological polar surface area (TPSA) is 20.3 Å². The van der Waals surface area contributed by atoms with E-state index >= 15 is 0 Å². The molecular formula is C11H21NO. The number of carbonyl (C=O) groups is 1. The first kappa shape index (κ1) is 10.6. The van der Waals surface area contributed by atoms with E-state index in [1.807, 2.05) is 18.7 Å². The van der Waals surface area contributed by atoms with Gasteiger partial charge in [-0.3, -0.25) is 4.79 Å². The molecule has 76 valence electrons. The molecule has 1 heterocycles. The monoisotopic (exact) mass is 183 g/mol. The van der Waals surface area contributed by atoms with Crippen LogP contribution in [0, 0.1) is 5.41 Å². The molecular weight excluding hydrogens is 162 g/mol.